The van der Waals surface area contributed by atoms with Gasteiger partial charge in [0, 0.05) is 72.8 Å². The maximum atomic E-state index is 13.0. The molecule has 2 amide bonds. The van der Waals surface area contributed by atoms with Gasteiger partial charge in [-0.15, -0.1) is 0 Å². The number of amides is 2. The number of aromatic amines is 2. The Labute approximate surface area is 475 Å². The first kappa shape index (κ1) is 57.8. The molecule has 20 heteroatoms. The van der Waals surface area contributed by atoms with E-state index >= 15 is 0 Å². The Morgan fingerprint density at radius 2 is 1.04 bits per heavy atom. The molecule has 0 saturated carbocycles. The summed E-state index contributed by atoms with van der Waals surface area (Å²) in [5, 5.41) is 1.08. The summed E-state index contributed by atoms with van der Waals surface area (Å²) in [5.41, 5.74) is 8.12. The predicted octanol–water partition coefficient (Wildman–Crippen LogP) is 11.0. The van der Waals surface area contributed by atoms with Gasteiger partial charge in [0.25, 0.3) is 11.1 Å². The van der Waals surface area contributed by atoms with E-state index in [1.54, 1.807) is 15.9 Å². The number of likely N-dealkylation sites (tertiary alicyclic amines) is 2. The Bertz CT molecular complexity index is 3750. The molecule has 3 saturated heterocycles. The minimum absolute atomic E-state index is 0.0866. The molecule has 9 heterocycles. The molecule has 2 N–H and O–H groups in total. The fourth-order valence-corrected chi connectivity index (χ4v) is 10.8. The van der Waals surface area contributed by atoms with Crippen molar-refractivity contribution >= 4 is 73.5 Å². The zero-order valence-electron chi connectivity index (χ0n) is 48.5. The van der Waals surface area contributed by atoms with Crippen molar-refractivity contribution in [3.8, 4) is 11.1 Å². The largest absolute Gasteiger partial charge is 0.494 e. The van der Waals surface area contributed by atoms with Gasteiger partial charge in [-0.2, -0.15) is 0 Å². The van der Waals surface area contributed by atoms with Crippen LogP contribution in [0.3, 0.4) is 0 Å². The third kappa shape index (κ3) is 13.0. The second-order valence-corrected chi connectivity index (χ2v) is 25.3. The number of benzene rings is 2. The second kappa shape index (κ2) is 22.2. The summed E-state index contributed by atoms with van der Waals surface area (Å²) in [4.78, 5) is 78.5. The standard InChI is InChI=1S/C27H31N5O3.C24H34BN3O5.C9H9BrN2/c1-16-14-32-15-20(13-23(32)17(2)28-16)19-6-7-22-21(12-19)25(33)30-24(29-22)18-8-10-31(11-9-18)26(34)35-27(3,4)5;1-22(2,3)31-21(30)28-12-10-15(11-13-28)19-26-18-9-8-16(14-17(18)20(29)27-19)25-32-23(4,5)24(6,7)33-25;1-6-4-12-5-8(10)3-9(12)7(2)11-6/h6-7,12-15,18H,8-11H2,1-5H3,(H,29,30,33);8-9,14-15H,10-13H2,1-7H3,(H,26,27,29);3-5H,1-2H3. The van der Waals surface area contributed by atoms with E-state index in [2.05, 4.69) is 63.0 Å². The fraction of sp³-hybridized carbons (Fsp3) is 0.467. The molecule has 0 radical (unpaired) electrons. The number of aryl methyl sites for hydroxylation is 4. The van der Waals surface area contributed by atoms with Crippen LogP contribution in [0.1, 0.15) is 141 Å². The van der Waals surface area contributed by atoms with Crippen LogP contribution in [-0.2, 0) is 18.8 Å². The van der Waals surface area contributed by atoms with Gasteiger partial charge in [0.2, 0.25) is 0 Å². The number of nitrogens with zero attached hydrogens (tertiary/aromatic N) is 8. The van der Waals surface area contributed by atoms with Crippen molar-refractivity contribution in [2.45, 2.75) is 157 Å². The average Bonchev–Trinajstić information content (AvgIpc) is 4.12. The number of carbonyl (C=O) groups excluding carboxylic acids is 2. The van der Waals surface area contributed by atoms with Crippen molar-refractivity contribution in [1.29, 1.82) is 0 Å². The number of ether oxygens (including phenoxy) is 2. The molecule has 2 aromatic carbocycles. The first-order valence-corrected chi connectivity index (χ1v) is 28.3. The van der Waals surface area contributed by atoms with Crippen LogP contribution in [0.2, 0.25) is 0 Å². The van der Waals surface area contributed by atoms with Crippen molar-refractivity contribution < 1.29 is 28.4 Å². The Hall–Kier alpha value is -6.90. The molecule has 3 fully saturated rings. The van der Waals surface area contributed by atoms with E-state index in [1.165, 1.54) is 0 Å². The average molecular weight is 1150 g/mol. The lowest BCUT2D eigenvalue weighted by Gasteiger charge is -2.33. The summed E-state index contributed by atoms with van der Waals surface area (Å²) >= 11 is 3.43. The van der Waals surface area contributed by atoms with Gasteiger partial charge in [0.05, 0.1) is 66.8 Å². The summed E-state index contributed by atoms with van der Waals surface area (Å²) in [6, 6.07) is 15.6. The van der Waals surface area contributed by atoms with Gasteiger partial charge >= 0.3 is 19.3 Å². The lowest BCUT2D eigenvalue weighted by Crippen LogP contribution is -2.41. The van der Waals surface area contributed by atoms with Gasteiger partial charge < -0.3 is 47.4 Å². The highest BCUT2D eigenvalue weighted by molar-refractivity contribution is 9.10. The van der Waals surface area contributed by atoms with Crippen molar-refractivity contribution in [3.63, 3.8) is 0 Å². The molecular formula is C60H74BBrN10O8. The zero-order chi connectivity index (χ0) is 57.8. The van der Waals surface area contributed by atoms with Gasteiger partial charge in [-0.05, 0) is 186 Å². The Kier molecular flexibility index (Phi) is 16.0. The van der Waals surface area contributed by atoms with E-state index in [-0.39, 0.29) is 35.1 Å². The molecule has 11 rings (SSSR count). The Balaban J connectivity index is 0.000000160. The Morgan fingerprint density at radius 3 is 1.51 bits per heavy atom. The molecule has 80 heavy (non-hydrogen) atoms. The van der Waals surface area contributed by atoms with E-state index in [1.807, 2.05) is 146 Å². The molecule has 6 aromatic heterocycles. The van der Waals surface area contributed by atoms with Crippen LogP contribution in [0, 0.1) is 27.7 Å². The number of halogens is 1. The molecule has 8 aromatic rings. The molecule has 0 unspecified atom stereocenters. The van der Waals surface area contributed by atoms with Crippen LogP contribution in [0.5, 0.6) is 0 Å². The highest BCUT2D eigenvalue weighted by Crippen LogP contribution is 2.37. The second-order valence-electron chi connectivity index (χ2n) is 24.4. The van der Waals surface area contributed by atoms with Gasteiger partial charge in [-0.1, -0.05) is 12.1 Å². The number of H-pyrrole nitrogens is 2. The van der Waals surface area contributed by atoms with Crippen LogP contribution in [0.25, 0.3) is 44.0 Å². The number of carbonyl (C=O) groups is 2. The van der Waals surface area contributed by atoms with E-state index in [4.69, 9.17) is 28.8 Å². The lowest BCUT2D eigenvalue weighted by molar-refractivity contribution is 0.00578. The van der Waals surface area contributed by atoms with Crippen LogP contribution < -0.4 is 16.6 Å². The van der Waals surface area contributed by atoms with Gasteiger partial charge in [-0.25, -0.2) is 19.6 Å². The number of fused-ring (bicyclic) bond motifs is 4. The molecule has 0 bridgehead atoms. The van der Waals surface area contributed by atoms with E-state index in [0.29, 0.717) is 59.6 Å². The normalized spacial score (nSPS) is 16.9. The Morgan fingerprint density at radius 1 is 0.600 bits per heavy atom. The van der Waals surface area contributed by atoms with Gasteiger partial charge in [-0.3, -0.25) is 19.6 Å². The van der Waals surface area contributed by atoms with Crippen LogP contribution in [0.4, 0.5) is 9.59 Å². The SMILES string of the molecule is CC(C)(C)OC(=O)N1CCC(c2nc3ccc(B4OC(C)(C)C(C)(C)O4)cc3c(=O)[nH]2)CC1.Cc1cn2cc(-c3ccc4nc(C5CCN(C(=O)OC(C)(C)C)CC5)[nH]c(=O)c4c3)cc2c(C)n1.Cc1cn2cc(Br)cc2c(C)n1. The smallest absolute Gasteiger partial charge is 0.444 e. The summed E-state index contributed by atoms with van der Waals surface area (Å²) < 4.78 is 28.4. The molecule has 18 nitrogen and oxygen atoms in total. The van der Waals surface area contributed by atoms with Crippen LogP contribution >= 0.6 is 15.9 Å². The van der Waals surface area contributed by atoms with E-state index in [9.17, 15) is 19.2 Å². The van der Waals surface area contributed by atoms with Gasteiger partial charge in [0.1, 0.15) is 22.9 Å². The van der Waals surface area contributed by atoms with E-state index in [0.717, 1.165) is 80.6 Å². The topological polar surface area (TPSA) is 204 Å². The number of piperidine rings is 2. The van der Waals surface area contributed by atoms with E-state index < -0.39 is 29.5 Å². The van der Waals surface area contributed by atoms with Crippen molar-refractivity contribution in [2.24, 2.45) is 0 Å². The summed E-state index contributed by atoms with van der Waals surface area (Å²) in [6.07, 6.45) is 10.4. The van der Waals surface area contributed by atoms with Crippen molar-refractivity contribution in [2.75, 3.05) is 26.2 Å². The number of aromatic nitrogens is 8. The van der Waals surface area contributed by atoms with Crippen LogP contribution in [0.15, 0.2) is 87.4 Å². The van der Waals surface area contributed by atoms with Crippen LogP contribution in [-0.4, -0.2) is 116 Å². The third-order valence-electron chi connectivity index (χ3n) is 15.1. The molecule has 3 aliphatic heterocycles. The molecule has 0 spiro atoms. The zero-order valence-corrected chi connectivity index (χ0v) is 50.1. The molecule has 422 valence electrons. The fourth-order valence-electron chi connectivity index (χ4n) is 10.3. The van der Waals surface area contributed by atoms with Crippen molar-refractivity contribution in [3.05, 3.63) is 133 Å². The molecule has 3 aliphatic rings. The quantitative estimate of drug-likeness (QED) is 0.158. The number of hydrogen-bond acceptors (Lipinski definition) is 12. The third-order valence-corrected chi connectivity index (χ3v) is 15.6. The maximum Gasteiger partial charge on any atom is 0.494 e. The minimum atomic E-state index is -0.532. The summed E-state index contributed by atoms with van der Waals surface area (Å²) in [6.45, 7) is 29.5. The lowest BCUT2D eigenvalue weighted by atomic mass is 9.78. The highest BCUT2D eigenvalue weighted by Gasteiger charge is 2.51. The predicted molar refractivity (Wildman–Crippen MR) is 316 cm³/mol. The number of hydrogen-bond donors (Lipinski definition) is 2. The minimum Gasteiger partial charge on any atom is -0.444 e. The highest BCUT2D eigenvalue weighted by atomic mass is 79.9. The maximum absolute atomic E-state index is 13.0. The number of nitrogens with one attached hydrogen (secondary N) is 2. The summed E-state index contributed by atoms with van der Waals surface area (Å²) in [7, 11) is -0.532. The molecule has 0 atom stereocenters. The monoisotopic (exact) mass is 1150 g/mol. The van der Waals surface area contributed by atoms with Crippen molar-refractivity contribution in [1.82, 2.24) is 48.5 Å². The molecule has 0 aliphatic carbocycles. The number of rotatable bonds is 4. The van der Waals surface area contributed by atoms with Gasteiger partial charge in [0.15, 0.2) is 0 Å². The molecular weight excluding hydrogens is 1080 g/mol. The first-order chi connectivity index (χ1) is 37.5. The summed E-state index contributed by atoms with van der Waals surface area (Å²) in [5.74, 6) is 1.54. The first-order valence-electron chi connectivity index (χ1n) is 27.5.